The molecule has 0 bridgehead atoms. The van der Waals surface area contributed by atoms with E-state index in [0.29, 0.717) is 25.2 Å². The maximum absolute atomic E-state index is 12.9. The van der Waals surface area contributed by atoms with Gasteiger partial charge in [-0.3, -0.25) is 9.59 Å². The maximum Gasteiger partial charge on any atom is 0.253 e. The molecule has 0 radical (unpaired) electrons. The summed E-state index contributed by atoms with van der Waals surface area (Å²) in [7, 11) is 0. The van der Waals surface area contributed by atoms with Crippen LogP contribution in [0.4, 0.5) is 0 Å². The van der Waals surface area contributed by atoms with Gasteiger partial charge in [0.15, 0.2) is 0 Å². The molecule has 0 spiro atoms. The van der Waals surface area contributed by atoms with Crippen molar-refractivity contribution < 1.29 is 14.7 Å². The van der Waals surface area contributed by atoms with Crippen LogP contribution in [0.15, 0.2) is 67.3 Å². The number of amides is 2. The Bertz CT molecular complexity index is 818. The Balaban J connectivity index is 1.63. The minimum atomic E-state index is -0.225. The molecule has 1 heterocycles. The first-order valence-electron chi connectivity index (χ1n) is 9.56. The Morgan fingerprint density at radius 3 is 2.50 bits per heavy atom. The molecule has 2 aromatic rings. The fourth-order valence-corrected chi connectivity index (χ4v) is 3.75. The predicted octanol–water partition coefficient (Wildman–Crippen LogP) is 2.73. The highest BCUT2D eigenvalue weighted by Gasteiger charge is 2.32. The topological polar surface area (TPSA) is 69.6 Å². The third-order valence-corrected chi connectivity index (χ3v) is 5.34. The van der Waals surface area contributed by atoms with Crippen LogP contribution in [-0.2, 0) is 11.3 Å². The average molecular weight is 378 g/mol. The van der Waals surface area contributed by atoms with Crippen LogP contribution in [0.3, 0.4) is 0 Å². The molecule has 0 aromatic heterocycles. The number of carbonyl (C=O) groups is 2. The van der Waals surface area contributed by atoms with E-state index in [2.05, 4.69) is 24.0 Å². The van der Waals surface area contributed by atoms with Gasteiger partial charge in [0, 0.05) is 37.7 Å². The molecular weight excluding hydrogens is 352 g/mol. The van der Waals surface area contributed by atoms with Crippen molar-refractivity contribution in [3.05, 3.63) is 83.9 Å². The average Bonchev–Trinajstić information content (AvgIpc) is 2.77. The van der Waals surface area contributed by atoms with Gasteiger partial charge in [0.1, 0.15) is 0 Å². The molecule has 2 atom stereocenters. The lowest BCUT2D eigenvalue weighted by Gasteiger charge is -2.38. The van der Waals surface area contributed by atoms with Crippen molar-refractivity contribution in [2.24, 2.45) is 5.92 Å². The van der Waals surface area contributed by atoms with E-state index in [0.717, 1.165) is 12.0 Å². The molecule has 2 aromatic carbocycles. The van der Waals surface area contributed by atoms with E-state index in [1.807, 2.05) is 35.2 Å². The molecular formula is C23H26N2O3. The predicted molar refractivity (Wildman–Crippen MR) is 109 cm³/mol. The van der Waals surface area contributed by atoms with E-state index in [1.54, 1.807) is 12.1 Å². The number of hydrogen-bond donors (Lipinski definition) is 2. The fraction of sp³-hybridized carbons (Fsp3) is 0.304. The van der Waals surface area contributed by atoms with Crippen molar-refractivity contribution in [1.29, 1.82) is 0 Å². The number of benzene rings is 2. The number of nitrogens with one attached hydrogen (secondary N) is 1. The number of aliphatic hydroxyl groups excluding tert-OH is 1. The summed E-state index contributed by atoms with van der Waals surface area (Å²) < 4.78 is 0. The highest BCUT2D eigenvalue weighted by Crippen LogP contribution is 2.33. The van der Waals surface area contributed by atoms with E-state index < -0.39 is 0 Å². The molecule has 1 aliphatic rings. The molecule has 1 fully saturated rings. The number of aliphatic hydroxyl groups is 1. The number of nitrogens with zero attached hydrogens (tertiary/aromatic N) is 1. The first kappa shape index (κ1) is 19.8. The minimum Gasteiger partial charge on any atom is -0.396 e. The van der Waals surface area contributed by atoms with Crippen LogP contribution < -0.4 is 5.32 Å². The van der Waals surface area contributed by atoms with Crippen molar-refractivity contribution in [1.82, 2.24) is 10.2 Å². The Morgan fingerprint density at radius 2 is 1.86 bits per heavy atom. The van der Waals surface area contributed by atoms with Crippen LogP contribution >= 0.6 is 0 Å². The summed E-state index contributed by atoms with van der Waals surface area (Å²) in [5, 5.41) is 12.6. The zero-order valence-electron chi connectivity index (χ0n) is 15.9. The molecule has 28 heavy (non-hydrogen) atoms. The highest BCUT2D eigenvalue weighted by molar-refractivity contribution is 5.94. The van der Waals surface area contributed by atoms with E-state index in [4.69, 9.17) is 0 Å². The van der Waals surface area contributed by atoms with Crippen molar-refractivity contribution in [3.8, 4) is 0 Å². The summed E-state index contributed by atoms with van der Waals surface area (Å²) in [5.41, 5.74) is 2.76. The second-order valence-electron chi connectivity index (χ2n) is 7.12. The quantitative estimate of drug-likeness (QED) is 0.760. The Hall–Kier alpha value is -2.92. The summed E-state index contributed by atoms with van der Waals surface area (Å²) in [6, 6.07) is 17.5. The van der Waals surface area contributed by atoms with Gasteiger partial charge in [-0.1, -0.05) is 49.0 Å². The zero-order valence-corrected chi connectivity index (χ0v) is 15.9. The first-order chi connectivity index (χ1) is 13.6. The van der Waals surface area contributed by atoms with Crippen LogP contribution in [-0.4, -0.2) is 41.5 Å². The second kappa shape index (κ2) is 9.33. The fourth-order valence-electron chi connectivity index (χ4n) is 3.75. The van der Waals surface area contributed by atoms with Crippen LogP contribution in [0.25, 0.3) is 0 Å². The number of likely N-dealkylation sites (tertiary alicyclic amines) is 1. The lowest BCUT2D eigenvalue weighted by molar-refractivity contribution is -0.116. The first-order valence-corrected chi connectivity index (χ1v) is 9.56. The van der Waals surface area contributed by atoms with E-state index >= 15 is 0 Å². The van der Waals surface area contributed by atoms with Gasteiger partial charge in [-0.25, -0.2) is 0 Å². The van der Waals surface area contributed by atoms with Gasteiger partial charge >= 0.3 is 0 Å². The van der Waals surface area contributed by atoms with Gasteiger partial charge in [0.25, 0.3) is 5.91 Å². The SMILES string of the molecule is C=CC(=O)NCc1ccc(C(=O)N2CC[C@H](c3ccccc3)[C@H](CO)C2)cc1. The van der Waals surface area contributed by atoms with Crippen LogP contribution in [0.5, 0.6) is 0 Å². The van der Waals surface area contributed by atoms with Gasteiger partial charge in [0.05, 0.1) is 0 Å². The summed E-state index contributed by atoms with van der Waals surface area (Å²) in [6.45, 7) is 5.10. The molecule has 2 N–H and O–H groups in total. The van der Waals surface area contributed by atoms with Crippen LogP contribution in [0.2, 0.25) is 0 Å². The van der Waals surface area contributed by atoms with Gasteiger partial charge in [0.2, 0.25) is 5.91 Å². The highest BCUT2D eigenvalue weighted by atomic mass is 16.3. The molecule has 3 rings (SSSR count). The Labute approximate surface area is 165 Å². The molecule has 146 valence electrons. The number of carbonyl (C=O) groups excluding carboxylic acids is 2. The standard InChI is InChI=1S/C23H26N2O3/c1-2-22(27)24-14-17-8-10-19(11-9-17)23(28)25-13-12-21(20(15-25)16-26)18-6-4-3-5-7-18/h2-11,20-21,26H,1,12-16H2,(H,24,27)/t20-,21+/m0/s1. The molecule has 0 saturated carbocycles. The van der Waals surface area contributed by atoms with Crippen LogP contribution in [0.1, 0.15) is 33.8 Å². The molecule has 1 saturated heterocycles. The van der Waals surface area contributed by atoms with Crippen molar-refractivity contribution in [3.63, 3.8) is 0 Å². The maximum atomic E-state index is 12.9. The molecule has 2 amide bonds. The number of piperidine rings is 1. The van der Waals surface area contributed by atoms with Crippen molar-refractivity contribution >= 4 is 11.8 Å². The van der Waals surface area contributed by atoms with E-state index in [9.17, 15) is 14.7 Å². The third-order valence-electron chi connectivity index (χ3n) is 5.34. The van der Waals surface area contributed by atoms with Gasteiger partial charge in [-0.15, -0.1) is 0 Å². The third kappa shape index (κ3) is 4.67. The minimum absolute atomic E-state index is 0.0216. The molecule has 0 aliphatic carbocycles. The molecule has 5 nitrogen and oxygen atoms in total. The smallest absolute Gasteiger partial charge is 0.253 e. The normalized spacial score (nSPS) is 19.1. The van der Waals surface area contributed by atoms with Gasteiger partial charge < -0.3 is 15.3 Å². The van der Waals surface area contributed by atoms with Gasteiger partial charge in [-0.2, -0.15) is 0 Å². The Kier molecular flexibility index (Phi) is 6.61. The number of rotatable bonds is 6. The molecule has 1 aliphatic heterocycles. The molecule has 0 unspecified atom stereocenters. The van der Waals surface area contributed by atoms with E-state index in [-0.39, 0.29) is 30.3 Å². The second-order valence-corrected chi connectivity index (χ2v) is 7.12. The van der Waals surface area contributed by atoms with Crippen molar-refractivity contribution in [2.75, 3.05) is 19.7 Å². The summed E-state index contributed by atoms with van der Waals surface area (Å²) >= 11 is 0. The lowest BCUT2D eigenvalue weighted by atomic mass is 9.80. The largest absolute Gasteiger partial charge is 0.396 e. The zero-order chi connectivity index (χ0) is 19.9. The van der Waals surface area contributed by atoms with E-state index in [1.165, 1.54) is 11.6 Å². The summed E-state index contributed by atoms with van der Waals surface area (Å²) in [6.07, 6.45) is 2.07. The lowest BCUT2D eigenvalue weighted by Crippen LogP contribution is -2.44. The monoisotopic (exact) mass is 378 g/mol. The summed E-state index contributed by atoms with van der Waals surface area (Å²) in [4.78, 5) is 26.0. The summed E-state index contributed by atoms with van der Waals surface area (Å²) in [5.74, 6) is 0.0581. The van der Waals surface area contributed by atoms with Crippen molar-refractivity contribution in [2.45, 2.75) is 18.9 Å². The van der Waals surface area contributed by atoms with Crippen LogP contribution in [0, 0.1) is 5.92 Å². The molecule has 5 heteroatoms. The Morgan fingerprint density at radius 1 is 1.14 bits per heavy atom. The van der Waals surface area contributed by atoms with Gasteiger partial charge in [-0.05, 0) is 41.7 Å². The number of hydrogen-bond acceptors (Lipinski definition) is 3.